The SMILES string of the molecule is COCCN1C[C@@H](NC(=O)c2c(F)ccc(OC)c2F)[C@H](C(C)C)C1. The molecule has 0 aliphatic carbocycles. The van der Waals surface area contributed by atoms with Gasteiger partial charge < -0.3 is 14.8 Å². The van der Waals surface area contributed by atoms with Crippen molar-refractivity contribution in [3.63, 3.8) is 0 Å². The average Bonchev–Trinajstić information content (AvgIpc) is 2.96. The molecular weight excluding hydrogens is 330 g/mol. The van der Waals surface area contributed by atoms with Crippen LogP contribution in [0.15, 0.2) is 12.1 Å². The van der Waals surface area contributed by atoms with Gasteiger partial charge in [-0.05, 0) is 24.0 Å². The molecule has 1 fully saturated rings. The van der Waals surface area contributed by atoms with Crippen LogP contribution in [0.25, 0.3) is 0 Å². The fourth-order valence-electron chi connectivity index (χ4n) is 3.28. The Balaban J connectivity index is 2.16. The van der Waals surface area contributed by atoms with Crippen molar-refractivity contribution >= 4 is 5.91 Å². The maximum absolute atomic E-state index is 14.3. The summed E-state index contributed by atoms with van der Waals surface area (Å²) in [5.74, 6) is -2.24. The van der Waals surface area contributed by atoms with Crippen molar-refractivity contribution in [2.75, 3.05) is 40.5 Å². The predicted octanol–water partition coefficient (Wildman–Crippen LogP) is 2.31. The van der Waals surface area contributed by atoms with E-state index in [1.807, 2.05) is 0 Å². The van der Waals surface area contributed by atoms with Crippen LogP contribution in [-0.2, 0) is 4.74 Å². The van der Waals surface area contributed by atoms with Crippen molar-refractivity contribution in [1.82, 2.24) is 10.2 Å². The number of carbonyl (C=O) groups excluding carboxylic acids is 1. The van der Waals surface area contributed by atoms with Gasteiger partial charge in [-0.1, -0.05) is 13.8 Å². The minimum absolute atomic E-state index is 0.153. The number of benzene rings is 1. The van der Waals surface area contributed by atoms with Crippen molar-refractivity contribution in [1.29, 1.82) is 0 Å². The number of rotatable bonds is 7. The molecule has 1 aromatic carbocycles. The van der Waals surface area contributed by atoms with Gasteiger partial charge in [0.1, 0.15) is 11.4 Å². The molecule has 1 amide bonds. The zero-order valence-electron chi connectivity index (χ0n) is 15.1. The Morgan fingerprint density at radius 1 is 1.32 bits per heavy atom. The van der Waals surface area contributed by atoms with Gasteiger partial charge in [-0.15, -0.1) is 0 Å². The lowest BCUT2D eigenvalue weighted by Crippen LogP contribution is -2.42. The highest BCUT2D eigenvalue weighted by Crippen LogP contribution is 2.26. The van der Waals surface area contributed by atoms with Gasteiger partial charge in [0.15, 0.2) is 11.6 Å². The van der Waals surface area contributed by atoms with Gasteiger partial charge in [0.05, 0.1) is 13.7 Å². The summed E-state index contributed by atoms with van der Waals surface area (Å²) in [6.45, 7) is 6.96. The predicted molar refractivity (Wildman–Crippen MR) is 90.8 cm³/mol. The Bertz CT molecular complexity index is 610. The number of nitrogens with one attached hydrogen (secondary N) is 1. The molecule has 0 radical (unpaired) electrons. The van der Waals surface area contributed by atoms with Crippen molar-refractivity contribution < 1.29 is 23.0 Å². The first kappa shape index (κ1) is 19.6. The molecule has 0 aromatic heterocycles. The largest absolute Gasteiger partial charge is 0.494 e. The van der Waals surface area contributed by atoms with E-state index in [1.54, 1.807) is 7.11 Å². The number of ether oxygens (including phenoxy) is 2. The van der Waals surface area contributed by atoms with Gasteiger partial charge in [0.2, 0.25) is 0 Å². The van der Waals surface area contributed by atoms with Crippen LogP contribution >= 0.6 is 0 Å². The van der Waals surface area contributed by atoms with Crippen LogP contribution in [0, 0.1) is 23.5 Å². The molecule has 1 saturated heterocycles. The monoisotopic (exact) mass is 356 g/mol. The molecule has 0 saturated carbocycles. The molecule has 0 spiro atoms. The van der Waals surface area contributed by atoms with E-state index < -0.39 is 23.1 Å². The molecule has 1 N–H and O–H groups in total. The minimum atomic E-state index is -0.977. The lowest BCUT2D eigenvalue weighted by atomic mass is 9.91. The number of amides is 1. The minimum Gasteiger partial charge on any atom is -0.494 e. The van der Waals surface area contributed by atoms with Crippen LogP contribution in [0.1, 0.15) is 24.2 Å². The highest BCUT2D eigenvalue weighted by molar-refractivity contribution is 5.95. The van der Waals surface area contributed by atoms with E-state index in [0.29, 0.717) is 19.1 Å². The van der Waals surface area contributed by atoms with Crippen LogP contribution in [0.4, 0.5) is 8.78 Å². The zero-order valence-corrected chi connectivity index (χ0v) is 15.1. The molecule has 7 heteroatoms. The molecule has 0 unspecified atom stereocenters. The van der Waals surface area contributed by atoms with Crippen molar-refractivity contribution in [3.05, 3.63) is 29.3 Å². The third-order valence-electron chi connectivity index (χ3n) is 4.73. The van der Waals surface area contributed by atoms with Crippen LogP contribution < -0.4 is 10.1 Å². The Kier molecular flexibility index (Phi) is 6.72. The quantitative estimate of drug-likeness (QED) is 0.815. The normalized spacial score (nSPS) is 20.9. The van der Waals surface area contributed by atoms with Crippen molar-refractivity contribution in [2.24, 2.45) is 11.8 Å². The number of likely N-dealkylation sites (tertiary alicyclic amines) is 1. The molecule has 0 bridgehead atoms. The maximum atomic E-state index is 14.3. The topological polar surface area (TPSA) is 50.8 Å². The zero-order chi connectivity index (χ0) is 18.6. The number of carbonyl (C=O) groups is 1. The van der Waals surface area contributed by atoms with Crippen molar-refractivity contribution in [3.8, 4) is 5.75 Å². The third kappa shape index (κ3) is 4.46. The Hall–Kier alpha value is -1.73. The summed E-state index contributed by atoms with van der Waals surface area (Å²) in [7, 11) is 2.92. The van der Waals surface area contributed by atoms with E-state index >= 15 is 0 Å². The van der Waals surface area contributed by atoms with Crippen LogP contribution in [0.2, 0.25) is 0 Å². The summed E-state index contributed by atoms with van der Waals surface area (Å²) >= 11 is 0. The highest BCUT2D eigenvalue weighted by atomic mass is 19.1. The molecule has 140 valence electrons. The van der Waals surface area contributed by atoms with Crippen LogP contribution in [-0.4, -0.2) is 57.3 Å². The van der Waals surface area contributed by atoms with Crippen LogP contribution in [0.3, 0.4) is 0 Å². The summed E-state index contributed by atoms with van der Waals surface area (Å²) in [5.41, 5.74) is -0.600. The van der Waals surface area contributed by atoms with E-state index in [9.17, 15) is 13.6 Å². The van der Waals surface area contributed by atoms with E-state index in [1.165, 1.54) is 13.2 Å². The number of hydrogen-bond donors (Lipinski definition) is 1. The van der Waals surface area contributed by atoms with Gasteiger partial charge in [-0.25, -0.2) is 8.78 Å². The van der Waals surface area contributed by atoms with E-state index in [-0.39, 0.29) is 17.7 Å². The smallest absolute Gasteiger partial charge is 0.257 e. The van der Waals surface area contributed by atoms with Gasteiger partial charge in [-0.3, -0.25) is 9.69 Å². The summed E-state index contributed by atoms with van der Waals surface area (Å²) in [5, 5.41) is 2.81. The number of hydrogen-bond acceptors (Lipinski definition) is 4. The fraction of sp³-hybridized carbons (Fsp3) is 0.611. The lowest BCUT2D eigenvalue weighted by molar-refractivity contribution is 0.0915. The van der Waals surface area contributed by atoms with Gasteiger partial charge in [0.25, 0.3) is 5.91 Å². The molecule has 1 heterocycles. The van der Waals surface area contributed by atoms with Gasteiger partial charge in [0, 0.05) is 32.8 Å². The first-order valence-electron chi connectivity index (χ1n) is 8.43. The van der Waals surface area contributed by atoms with E-state index in [0.717, 1.165) is 19.2 Å². The molecule has 25 heavy (non-hydrogen) atoms. The first-order valence-corrected chi connectivity index (χ1v) is 8.43. The second-order valence-corrected chi connectivity index (χ2v) is 6.68. The standard InChI is InChI=1S/C18H26F2N2O3/c1-11(2)12-9-22(7-8-24-3)10-14(12)21-18(23)16-13(19)5-6-15(25-4)17(16)20/h5-6,11-12,14H,7-10H2,1-4H3,(H,21,23)/t12-,14+/m0/s1. The molecule has 1 aliphatic heterocycles. The Morgan fingerprint density at radius 3 is 2.64 bits per heavy atom. The number of nitrogens with zero attached hydrogens (tertiary/aromatic N) is 1. The molecule has 5 nitrogen and oxygen atoms in total. The molecule has 2 atom stereocenters. The second-order valence-electron chi connectivity index (χ2n) is 6.68. The second kappa shape index (κ2) is 8.58. The average molecular weight is 356 g/mol. The summed E-state index contributed by atoms with van der Waals surface area (Å²) in [6, 6.07) is 2.03. The van der Waals surface area contributed by atoms with Gasteiger partial charge in [-0.2, -0.15) is 0 Å². The molecular formula is C18H26F2N2O3. The summed E-state index contributed by atoms with van der Waals surface area (Å²) in [6.07, 6.45) is 0. The van der Waals surface area contributed by atoms with E-state index in [4.69, 9.17) is 9.47 Å². The van der Waals surface area contributed by atoms with Crippen LogP contribution in [0.5, 0.6) is 5.75 Å². The number of halogens is 2. The maximum Gasteiger partial charge on any atom is 0.257 e. The Labute approximate surface area is 147 Å². The molecule has 1 aromatic rings. The Morgan fingerprint density at radius 2 is 2.04 bits per heavy atom. The summed E-state index contributed by atoms with van der Waals surface area (Å²) in [4.78, 5) is 14.7. The van der Waals surface area contributed by atoms with Gasteiger partial charge >= 0.3 is 0 Å². The first-order chi connectivity index (χ1) is 11.9. The number of methoxy groups -OCH3 is 2. The highest BCUT2D eigenvalue weighted by Gasteiger charge is 2.36. The summed E-state index contributed by atoms with van der Waals surface area (Å²) < 4.78 is 38.2. The fourth-order valence-corrected chi connectivity index (χ4v) is 3.28. The lowest BCUT2D eigenvalue weighted by Gasteiger charge is -2.23. The molecule has 2 rings (SSSR count). The molecule has 1 aliphatic rings. The van der Waals surface area contributed by atoms with E-state index in [2.05, 4.69) is 24.1 Å². The van der Waals surface area contributed by atoms with Crippen molar-refractivity contribution in [2.45, 2.75) is 19.9 Å². The third-order valence-corrected chi connectivity index (χ3v) is 4.73.